The fourth-order valence-electron chi connectivity index (χ4n) is 2.56. The molecular weight excluding hydrogens is 270 g/mol. The van der Waals surface area contributed by atoms with Crippen molar-refractivity contribution in [2.75, 3.05) is 20.2 Å². The van der Waals surface area contributed by atoms with E-state index in [9.17, 15) is 0 Å². The molecule has 0 aliphatic heterocycles. The van der Waals surface area contributed by atoms with E-state index in [0.29, 0.717) is 5.92 Å². The third kappa shape index (κ3) is 5.53. The summed E-state index contributed by atoms with van der Waals surface area (Å²) in [6, 6.07) is 19.1. The summed E-state index contributed by atoms with van der Waals surface area (Å²) in [7, 11) is 2.24. The van der Waals surface area contributed by atoms with Gasteiger partial charge in [0, 0.05) is 12.0 Å². The number of rotatable bonds is 8. The molecule has 2 aromatic rings. The summed E-state index contributed by atoms with van der Waals surface area (Å²) < 4.78 is 5.88. The van der Waals surface area contributed by atoms with Gasteiger partial charge >= 0.3 is 0 Å². The van der Waals surface area contributed by atoms with E-state index in [2.05, 4.69) is 69.4 Å². The summed E-state index contributed by atoms with van der Waals surface area (Å²) in [4.78, 5) is 1.52. The molecule has 22 heavy (non-hydrogen) atoms. The van der Waals surface area contributed by atoms with Crippen molar-refractivity contribution < 1.29 is 9.64 Å². The highest BCUT2D eigenvalue weighted by Crippen LogP contribution is 2.20. The van der Waals surface area contributed by atoms with Crippen LogP contribution in [0.25, 0.3) is 0 Å². The van der Waals surface area contributed by atoms with Gasteiger partial charge in [-0.05, 0) is 23.6 Å². The van der Waals surface area contributed by atoms with Gasteiger partial charge in [-0.1, -0.05) is 56.3 Å². The quantitative estimate of drug-likeness (QED) is 0.738. The van der Waals surface area contributed by atoms with Crippen LogP contribution < -0.4 is 9.64 Å². The van der Waals surface area contributed by atoms with Crippen LogP contribution in [0, 0.1) is 0 Å². The van der Waals surface area contributed by atoms with Crippen LogP contribution in [0.3, 0.4) is 0 Å². The van der Waals surface area contributed by atoms with Crippen LogP contribution in [-0.4, -0.2) is 20.2 Å². The Morgan fingerprint density at radius 1 is 1.00 bits per heavy atom. The van der Waals surface area contributed by atoms with Gasteiger partial charge in [-0.3, -0.25) is 0 Å². The summed E-state index contributed by atoms with van der Waals surface area (Å²) in [5, 5.41) is 0. The lowest BCUT2D eigenvalue weighted by molar-refractivity contribution is -0.894. The molecule has 2 nitrogen and oxygen atoms in total. The largest absolute Gasteiger partial charge is 0.493 e. The van der Waals surface area contributed by atoms with Crippen molar-refractivity contribution in [3.05, 3.63) is 65.7 Å². The first kappa shape index (κ1) is 16.6. The fraction of sp³-hybridized carbons (Fsp3) is 0.400. The summed E-state index contributed by atoms with van der Waals surface area (Å²) in [6.07, 6.45) is 1.07. The second-order valence-corrected chi connectivity index (χ2v) is 6.30. The lowest BCUT2D eigenvalue weighted by atomic mass is 10.0. The normalized spacial score (nSPS) is 12.4. The van der Waals surface area contributed by atoms with Gasteiger partial charge in [-0.2, -0.15) is 0 Å². The molecule has 0 radical (unpaired) electrons. The van der Waals surface area contributed by atoms with Crippen molar-refractivity contribution in [1.82, 2.24) is 0 Å². The molecule has 0 spiro atoms. The molecule has 2 rings (SSSR count). The SMILES string of the molecule is CC(C)c1cccc(OCCC[NH+](C)Cc2ccccc2)c1. The number of benzene rings is 2. The molecule has 1 unspecified atom stereocenters. The van der Waals surface area contributed by atoms with Gasteiger partial charge in [-0.25, -0.2) is 0 Å². The van der Waals surface area contributed by atoms with Crippen LogP contribution in [0.4, 0.5) is 0 Å². The Morgan fingerprint density at radius 3 is 2.50 bits per heavy atom. The smallest absolute Gasteiger partial charge is 0.119 e. The Bertz CT molecular complexity index is 551. The standard InChI is InChI=1S/C20H27NO/c1-17(2)19-11-7-12-20(15-19)22-14-8-13-21(3)16-18-9-5-4-6-10-18/h4-7,9-12,15,17H,8,13-14,16H2,1-3H3/p+1. The summed E-state index contributed by atoms with van der Waals surface area (Å²) in [6.45, 7) is 7.40. The van der Waals surface area contributed by atoms with E-state index in [-0.39, 0.29) is 0 Å². The minimum atomic E-state index is 0.546. The molecule has 0 fully saturated rings. The lowest BCUT2D eigenvalue weighted by Crippen LogP contribution is -3.07. The van der Waals surface area contributed by atoms with E-state index < -0.39 is 0 Å². The number of nitrogens with one attached hydrogen (secondary N) is 1. The monoisotopic (exact) mass is 298 g/mol. The molecular formula is C20H28NO+. The maximum Gasteiger partial charge on any atom is 0.119 e. The zero-order chi connectivity index (χ0) is 15.8. The van der Waals surface area contributed by atoms with Gasteiger partial charge in [0.25, 0.3) is 0 Å². The predicted octanol–water partition coefficient (Wildman–Crippen LogP) is 3.29. The highest BCUT2D eigenvalue weighted by Gasteiger charge is 2.04. The molecule has 1 atom stereocenters. The molecule has 118 valence electrons. The van der Waals surface area contributed by atoms with Crippen molar-refractivity contribution in [1.29, 1.82) is 0 Å². The first-order valence-electron chi connectivity index (χ1n) is 8.23. The van der Waals surface area contributed by atoms with Gasteiger partial charge in [0.1, 0.15) is 12.3 Å². The van der Waals surface area contributed by atoms with Crippen molar-refractivity contribution in [2.45, 2.75) is 32.7 Å². The van der Waals surface area contributed by atoms with E-state index in [4.69, 9.17) is 4.74 Å². The number of ether oxygens (including phenoxy) is 1. The van der Waals surface area contributed by atoms with Gasteiger partial charge in [0.15, 0.2) is 0 Å². The van der Waals surface area contributed by atoms with Crippen molar-refractivity contribution in [3.63, 3.8) is 0 Å². The van der Waals surface area contributed by atoms with Gasteiger partial charge in [0.05, 0.1) is 20.2 Å². The second kappa shape index (κ2) is 8.60. The summed E-state index contributed by atoms with van der Waals surface area (Å²) in [5.74, 6) is 1.54. The van der Waals surface area contributed by atoms with Gasteiger partial charge in [-0.15, -0.1) is 0 Å². The molecule has 0 saturated carbocycles. The van der Waals surface area contributed by atoms with Crippen molar-refractivity contribution >= 4 is 0 Å². The van der Waals surface area contributed by atoms with E-state index in [1.165, 1.54) is 16.0 Å². The van der Waals surface area contributed by atoms with Crippen LogP contribution in [0.15, 0.2) is 54.6 Å². The highest BCUT2D eigenvalue weighted by molar-refractivity contribution is 5.30. The molecule has 0 saturated heterocycles. The van der Waals surface area contributed by atoms with Crippen LogP contribution in [0.2, 0.25) is 0 Å². The Morgan fingerprint density at radius 2 is 1.77 bits per heavy atom. The van der Waals surface area contributed by atoms with E-state index in [1.54, 1.807) is 0 Å². The number of hydrogen-bond donors (Lipinski definition) is 1. The van der Waals surface area contributed by atoms with Crippen LogP contribution >= 0.6 is 0 Å². The van der Waals surface area contributed by atoms with Crippen molar-refractivity contribution in [3.8, 4) is 5.75 Å². The summed E-state index contributed by atoms with van der Waals surface area (Å²) >= 11 is 0. The number of quaternary nitrogens is 1. The third-order valence-electron chi connectivity index (χ3n) is 3.89. The molecule has 1 N–H and O–H groups in total. The molecule has 0 aliphatic rings. The van der Waals surface area contributed by atoms with Crippen LogP contribution in [0.1, 0.15) is 37.3 Å². The Balaban J connectivity index is 1.69. The first-order valence-corrected chi connectivity index (χ1v) is 8.23. The number of hydrogen-bond acceptors (Lipinski definition) is 1. The van der Waals surface area contributed by atoms with E-state index in [0.717, 1.165) is 31.9 Å². The Hall–Kier alpha value is -1.80. The van der Waals surface area contributed by atoms with Crippen molar-refractivity contribution in [2.24, 2.45) is 0 Å². The first-order chi connectivity index (χ1) is 10.6. The minimum absolute atomic E-state index is 0.546. The molecule has 0 aliphatic carbocycles. The Labute approximate surface area is 134 Å². The molecule has 0 amide bonds. The van der Waals surface area contributed by atoms with Crippen LogP contribution in [-0.2, 0) is 6.54 Å². The molecule has 0 heterocycles. The molecule has 2 aromatic carbocycles. The third-order valence-corrected chi connectivity index (χ3v) is 3.89. The average molecular weight is 298 g/mol. The van der Waals surface area contributed by atoms with E-state index in [1.807, 2.05) is 6.07 Å². The molecule has 2 heteroatoms. The molecule has 0 aromatic heterocycles. The van der Waals surface area contributed by atoms with Gasteiger partial charge < -0.3 is 9.64 Å². The average Bonchev–Trinajstić information content (AvgIpc) is 2.53. The zero-order valence-electron chi connectivity index (χ0n) is 14.0. The topological polar surface area (TPSA) is 13.7 Å². The lowest BCUT2D eigenvalue weighted by Gasteiger charge is -2.14. The molecule has 0 bridgehead atoms. The minimum Gasteiger partial charge on any atom is -0.493 e. The van der Waals surface area contributed by atoms with Crippen LogP contribution in [0.5, 0.6) is 5.75 Å². The Kier molecular flexibility index (Phi) is 6.47. The summed E-state index contributed by atoms with van der Waals surface area (Å²) in [5.41, 5.74) is 2.73. The van der Waals surface area contributed by atoms with Gasteiger partial charge in [0.2, 0.25) is 0 Å². The fourth-order valence-corrected chi connectivity index (χ4v) is 2.56. The van der Waals surface area contributed by atoms with E-state index >= 15 is 0 Å². The maximum absolute atomic E-state index is 5.88. The predicted molar refractivity (Wildman–Crippen MR) is 92.5 cm³/mol. The highest BCUT2D eigenvalue weighted by atomic mass is 16.5. The zero-order valence-corrected chi connectivity index (χ0v) is 14.0. The second-order valence-electron chi connectivity index (χ2n) is 6.30. The maximum atomic E-state index is 5.88.